The highest BCUT2D eigenvalue weighted by molar-refractivity contribution is 6.28. The molecule has 12 aromatic rings. The van der Waals surface area contributed by atoms with Gasteiger partial charge in [0.15, 0.2) is 0 Å². The number of benzene rings is 12. The molecule has 0 aliphatic rings. The van der Waals surface area contributed by atoms with E-state index in [-0.39, 0.29) is 11.4 Å². The fourth-order valence-electron chi connectivity index (χ4n) is 10.6. The Morgan fingerprint density at radius 3 is 1.01 bits per heavy atom. The lowest BCUT2D eigenvalue weighted by molar-refractivity contribution is 0.629. The van der Waals surface area contributed by atoms with Crippen LogP contribution in [0.3, 0.4) is 0 Å². The fourth-order valence-corrected chi connectivity index (χ4v) is 10.6. The maximum atomic E-state index is 17.9. The van der Waals surface area contributed by atoms with Crippen LogP contribution in [-0.2, 0) is 0 Å². The number of nitriles is 4. The van der Waals surface area contributed by atoms with Crippen LogP contribution in [0.5, 0.6) is 0 Å². The normalized spacial score (nSPS) is 11.0. The highest BCUT2D eigenvalue weighted by atomic mass is 19.1. The van der Waals surface area contributed by atoms with Gasteiger partial charge in [-0.1, -0.05) is 121 Å². The van der Waals surface area contributed by atoms with Crippen molar-refractivity contribution in [1.82, 2.24) is 0 Å². The Morgan fingerprint density at radius 1 is 0.303 bits per heavy atom. The third kappa shape index (κ3) is 8.12. The molecule has 0 saturated carbocycles. The van der Waals surface area contributed by atoms with E-state index in [9.17, 15) is 21.0 Å². The minimum atomic E-state index is -0.519. The summed E-state index contributed by atoms with van der Waals surface area (Å²) in [6.45, 7) is 0. The van der Waals surface area contributed by atoms with Crippen LogP contribution in [-0.4, -0.2) is 0 Å². The molecule has 0 amide bonds. The molecule has 0 aliphatic carbocycles. The van der Waals surface area contributed by atoms with E-state index in [2.05, 4.69) is 48.5 Å². The van der Waals surface area contributed by atoms with Gasteiger partial charge in [0.05, 0.1) is 69.3 Å². The Bertz CT molecular complexity index is 4160. The number of nitrogens with zero attached hydrogens (tertiary/aromatic N) is 6. The number of halogens is 2. The minimum Gasteiger partial charge on any atom is -0.307 e. The van der Waals surface area contributed by atoms with Crippen LogP contribution in [0.2, 0.25) is 0 Å². The largest absolute Gasteiger partial charge is 0.307 e. The maximum Gasteiger partial charge on any atom is 0.148 e. The van der Waals surface area contributed by atoms with Crippen LogP contribution in [0, 0.1) is 57.0 Å². The quantitative estimate of drug-likeness (QED) is 0.127. The summed E-state index contributed by atoms with van der Waals surface area (Å²) < 4.78 is 35.8. The molecule has 76 heavy (non-hydrogen) atoms. The number of hydrogen-bond donors (Lipinski definition) is 0. The Hall–Kier alpha value is -10.9. The van der Waals surface area contributed by atoms with Gasteiger partial charge in [-0.2, -0.15) is 21.0 Å². The zero-order chi connectivity index (χ0) is 51.9. The van der Waals surface area contributed by atoms with Gasteiger partial charge in [-0.05, 0) is 164 Å². The lowest BCUT2D eigenvalue weighted by atomic mass is 9.90. The first-order chi connectivity index (χ1) is 37.3. The molecule has 6 nitrogen and oxygen atoms in total. The Kier molecular flexibility index (Phi) is 11.7. The summed E-state index contributed by atoms with van der Waals surface area (Å²) >= 11 is 0. The number of hydrogen-bond acceptors (Lipinski definition) is 6. The predicted octanol–water partition coefficient (Wildman–Crippen LogP) is 18.0. The van der Waals surface area contributed by atoms with E-state index >= 15 is 8.78 Å². The fraction of sp³-hybridized carbons (Fsp3) is 0. The number of para-hydroxylation sites is 2. The second-order valence-electron chi connectivity index (χ2n) is 18.4. The lowest BCUT2D eigenvalue weighted by Gasteiger charge is -2.31. The van der Waals surface area contributed by atoms with E-state index in [1.807, 2.05) is 131 Å². The molecule has 354 valence electrons. The third-order valence-electron chi connectivity index (χ3n) is 14.0. The molecule has 12 aromatic carbocycles. The minimum absolute atomic E-state index is 0.263. The first-order valence-electron chi connectivity index (χ1n) is 24.4. The number of anilines is 6. The van der Waals surface area contributed by atoms with Crippen molar-refractivity contribution in [2.45, 2.75) is 0 Å². The zero-order valence-electron chi connectivity index (χ0n) is 40.4. The van der Waals surface area contributed by atoms with Crippen LogP contribution >= 0.6 is 0 Å². The molecule has 0 saturated heterocycles. The standard InChI is InChI=1S/C68H38F2N6/c69-61-37-53(49-15-7-11-43(31-49)39-71)35-59(51-17-9-13-45(33-51)41-73)67(61)75(55-19-3-1-4-20-55)63-29-25-47-24-28-58-64(30-26-48-23-27-57(63)65(47)66(48)58)76(56-21-5-2-6-22-56)68-60(52-18-10-14-46(34-52)42-74)36-54(38-62(68)70)50-16-8-12-44(32-50)40-72/h1-38H. The summed E-state index contributed by atoms with van der Waals surface area (Å²) in [6.07, 6.45) is 0. The highest BCUT2D eigenvalue weighted by Crippen LogP contribution is 2.52. The van der Waals surface area contributed by atoms with Gasteiger partial charge >= 0.3 is 0 Å². The second kappa shape index (κ2) is 19.3. The van der Waals surface area contributed by atoms with Gasteiger partial charge in [0.1, 0.15) is 11.6 Å². The first kappa shape index (κ1) is 46.2. The highest BCUT2D eigenvalue weighted by Gasteiger charge is 2.28. The van der Waals surface area contributed by atoms with Crippen LogP contribution in [0.4, 0.5) is 42.9 Å². The van der Waals surface area contributed by atoms with Gasteiger partial charge in [0.25, 0.3) is 0 Å². The molecule has 0 heterocycles. The number of rotatable bonds is 10. The Labute approximate surface area is 437 Å². The molecule has 0 aromatic heterocycles. The van der Waals surface area contributed by atoms with Gasteiger partial charge in [-0.3, -0.25) is 0 Å². The molecule has 0 fully saturated rings. The van der Waals surface area contributed by atoms with Crippen molar-refractivity contribution in [3.8, 4) is 68.8 Å². The Morgan fingerprint density at radius 2 is 0.645 bits per heavy atom. The zero-order valence-corrected chi connectivity index (χ0v) is 40.4. The third-order valence-corrected chi connectivity index (χ3v) is 14.0. The molecule has 0 aliphatic heterocycles. The van der Waals surface area contributed by atoms with Crippen molar-refractivity contribution < 1.29 is 8.78 Å². The summed E-state index contributed by atoms with van der Waals surface area (Å²) in [5.74, 6) is -1.04. The van der Waals surface area contributed by atoms with Crippen molar-refractivity contribution >= 4 is 66.4 Å². The molecule has 0 atom stereocenters. The van der Waals surface area contributed by atoms with Gasteiger partial charge in [-0.25, -0.2) is 8.78 Å². The predicted molar refractivity (Wildman–Crippen MR) is 300 cm³/mol. The smallest absolute Gasteiger partial charge is 0.148 e. The summed E-state index contributed by atoms with van der Waals surface area (Å²) in [7, 11) is 0. The first-order valence-corrected chi connectivity index (χ1v) is 24.4. The average molecular weight is 977 g/mol. The van der Waals surface area contributed by atoms with Crippen molar-refractivity contribution in [3.63, 3.8) is 0 Å². The van der Waals surface area contributed by atoms with E-state index < -0.39 is 11.6 Å². The van der Waals surface area contributed by atoms with Crippen LogP contribution in [0.25, 0.3) is 76.8 Å². The summed E-state index contributed by atoms with van der Waals surface area (Å²) in [4.78, 5) is 3.88. The monoisotopic (exact) mass is 976 g/mol. The summed E-state index contributed by atoms with van der Waals surface area (Å²) in [6, 6.07) is 79.8. The molecule has 0 spiro atoms. The molecule has 0 unspecified atom stereocenters. The van der Waals surface area contributed by atoms with Gasteiger partial charge in [-0.15, -0.1) is 0 Å². The SMILES string of the molecule is N#Cc1cccc(-c2cc(F)c(N(c3ccccc3)c3ccc4ccc5c(N(c6ccccc6)c6c(F)cc(-c7cccc(C#N)c7)cc6-c6cccc(C#N)c6)ccc6ccc3c4c65)c(-c3cccc(C#N)c3)c2)c1. The van der Waals surface area contributed by atoms with E-state index in [4.69, 9.17) is 0 Å². The molecule has 0 radical (unpaired) electrons. The topological polar surface area (TPSA) is 102 Å². The molecule has 12 rings (SSSR count). The Balaban J connectivity index is 1.12. The second-order valence-corrected chi connectivity index (χ2v) is 18.4. The van der Waals surface area contributed by atoms with E-state index in [0.717, 1.165) is 32.3 Å². The lowest BCUT2D eigenvalue weighted by Crippen LogP contribution is -2.14. The van der Waals surface area contributed by atoms with Crippen molar-refractivity contribution in [1.29, 1.82) is 21.0 Å². The van der Waals surface area contributed by atoms with Crippen molar-refractivity contribution in [2.75, 3.05) is 9.80 Å². The average Bonchev–Trinajstić information content (AvgIpc) is 3.57. The molecular weight excluding hydrogens is 939 g/mol. The van der Waals surface area contributed by atoms with E-state index in [1.165, 1.54) is 12.1 Å². The van der Waals surface area contributed by atoms with Crippen LogP contribution in [0.1, 0.15) is 22.3 Å². The molecule has 0 N–H and O–H groups in total. The maximum absolute atomic E-state index is 17.9. The molecular formula is C68H38F2N6. The van der Waals surface area contributed by atoms with E-state index in [1.54, 1.807) is 72.8 Å². The van der Waals surface area contributed by atoms with Crippen LogP contribution in [0.15, 0.2) is 231 Å². The molecule has 0 bridgehead atoms. The van der Waals surface area contributed by atoms with Gasteiger partial charge < -0.3 is 9.80 Å². The van der Waals surface area contributed by atoms with Gasteiger partial charge in [0, 0.05) is 33.3 Å². The molecule has 8 heteroatoms. The van der Waals surface area contributed by atoms with E-state index in [0.29, 0.717) is 89.5 Å². The van der Waals surface area contributed by atoms with Gasteiger partial charge in [0.2, 0.25) is 0 Å². The van der Waals surface area contributed by atoms with Crippen molar-refractivity contribution in [2.24, 2.45) is 0 Å². The summed E-state index contributed by atoms with van der Waals surface area (Å²) in [5.41, 5.74) is 9.79. The van der Waals surface area contributed by atoms with Crippen LogP contribution < -0.4 is 9.80 Å². The summed E-state index contributed by atoms with van der Waals surface area (Å²) in [5, 5.41) is 45.1. The van der Waals surface area contributed by atoms with Crippen molar-refractivity contribution in [3.05, 3.63) is 264 Å².